The lowest BCUT2D eigenvalue weighted by Gasteiger charge is -2.48. The zero-order valence-electron chi connectivity index (χ0n) is 29.3. The summed E-state index contributed by atoms with van der Waals surface area (Å²) in [6.07, 6.45) is 3.73. The topological polar surface area (TPSA) is 0 Å². The van der Waals surface area contributed by atoms with Gasteiger partial charge in [0.15, 0.2) is 0 Å². The Morgan fingerprint density at radius 2 is 1.13 bits per heavy atom. The summed E-state index contributed by atoms with van der Waals surface area (Å²) in [7, 11) is 0. The number of rotatable bonds is 0. The minimum Gasteiger partial charge on any atom is -0.0610 e. The molecule has 1 unspecified atom stereocenters. The summed E-state index contributed by atoms with van der Waals surface area (Å²) in [6.45, 7) is 24.0. The number of hydrogen-bond acceptors (Lipinski definition) is 0. The van der Waals surface area contributed by atoms with Crippen LogP contribution in [-0.2, 0) is 21.7 Å². The molecule has 0 N–H and O–H groups in total. The van der Waals surface area contributed by atoms with Crippen LogP contribution in [0.3, 0.4) is 0 Å². The normalized spacial score (nSPS) is 20.0. The van der Waals surface area contributed by atoms with Gasteiger partial charge in [0.1, 0.15) is 0 Å². The van der Waals surface area contributed by atoms with Gasteiger partial charge in [-0.25, -0.2) is 0 Å². The molecule has 0 aromatic heterocycles. The fraction of sp³-hybridized carbons (Fsp3) is 0.348. The summed E-state index contributed by atoms with van der Waals surface area (Å²) in [4.78, 5) is 0. The molecule has 9 rings (SSSR count). The van der Waals surface area contributed by atoms with Crippen molar-refractivity contribution in [2.24, 2.45) is 0 Å². The van der Waals surface area contributed by atoms with Gasteiger partial charge in [0.05, 0.1) is 0 Å². The van der Waals surface area contributed by atoms with Crippen molar-refractivity contribution in [1.29, 1.82) is 0 Å². The minimum absolute atomic E-state index is 0.0635. The van der Waals surface area contributed by atoms with Gasteiger partial charge in [0.2, 0.25) is 0 Å². The lowest BCUT2D eigenvalue weighted by Crippen LogP contribution is -2.38. The molecule has 0 radical (unpaired) electrons. The van der Waals surface area contributed by atoms with Gasteiger partial charge in [0.25, 0.3) is 0 Å². The van der Waals surface area contributed by atoms with Crippen molar-refractivity contribution in [3.63, 3.8) is 0 Å². The molecule has 0 nitrogen and oxygen atoms in total. The third-order valence-electron chi connectivity index (χ3n) is 12.3. The summed E-state index contributed by atoms with van der Waals surface area (Å²) in [5.41, 5.74) is 19.3. The van der Waals surface area contributed by atoms with Crippen LogP contribution in [0.4, 0.5) is 0 Å². The van der Waals surface area contributed by atoms with Crippen molar-refractivity contribution in [2.45, 2.75) is 103 Å². The maximum Gasteiger partial charge on any atom is 0.0149 e. The Bertz CT molecular complexity index is 2280. The Kier molecular flexibility index (Phi) is 5.24. The van der Waals surface area contributed by atoms with Gasteiger partial charge in [-0.3, -0.25) is 0 Å². The molecule has 0 heteroatoms. The van der Waals surface area contributed by atoms with E-state index < -0.39 is 0 Å². The van der Waals surface area contributed by atoms with Gasteiger partial charge in [-0.1, -0.05) is 135 Å². The van der Waals surface area contributed by atoms with Gasteiger partial charge in [-0.2, -0.15) is 0 Å². The average Bonchev–Trinajstić information content (AvgIpc) is 3.48. The largest absolute Gasteiger partial charge is 0.0610 e. The van der Waals surface area contributed by atoms with Crippen LogP contribution in [0.25, 0.3) is 49.4 Å². The molecule has 4 aliphatic carbocycles. The van der Waals surface area contributed by atoms with E-state index in [0.29, 0.717) is 5.92 Å². The van der Waals surface area contributed by atoms with Crippen LogP contribution in [0.2, 0.25) is 0 Å². The molecule has 1 atom stereocenters. The third-order valence-corrected chi connectivity index (χ3v) is 12.3. The predicted molar refractivity (Wildman–Crippen MR) is 198 cm³/mol. The Hall–Kier alpha value is -3.90. The van der Waals surface area contributed by atoms with E-state index in [1.54, 1.807) is 16.7 Å². The molecule has 0 amide bonds. The smallest absolute Gasteiger partial charge is 0.0149 e. The van der Waals surface area contributed by atoms with Crippen LogP contribution < -0.4 is 0 Å². The first-order valence-corrected chi connectivity index (χ1v) is 17.4. The van der Waals surface area contributed by atoms with Gasteiger partial charge < -0.3 is 0 Å². The molecule has 4 aliphatic rings. The maximum atomic E-state index is 2.64. The molecule has 5 aromatic rings. The van der Waals surface area contributed by atoms with Crippen LogP contribution in [-0.4, -0.2) is 0 Å². The molecule has 0 spiro atoms. The fourth-order valence-electron chi connectivity index (χ4n) is 9.55. The van der Waals surface area contributed by atoms with Crippen molar-refractivity contribution in [3.8, 4) is 22.3 Å². The van der Waals surface area contributed by atoms with E-state index in [2.05, 4.69) is 148 Å². The van der Waals surface area contributed by atoms with Crippen LogP contribution in [0.5, 0.6) is 0 Å². The average molecular weight is 599 g/mol. The van der Waals surface area contributed by atoms with Crippen molar-refractivity contribution >= 4 is 27.1 Å². The number of fused-ring (bicyclic) bond motifs is 7. The molecule has 0 saturated heterocycles. The zero-order chi connectivity index (χ0) is 32.3. The van der Waals surface area contributed by atoms with Crippen molar-refractivity contribution in [3.05, 3.63) is 123 Å². The first kappa shape index (κ1) is 28.3. The van der Waals surface area contributed by atoms with E-state index >= 15 is 0 Å². The van der Waals surface area contributed by atoms with Crippen LogP contribution in [0, 0.1) is 0 Å². The van der Waals surface area contributed by atoms with Gasteiger partial charge in [-0.15, -0.1) is 0 Å². The van der Waals surface area contributed by atoms with Gasteiger partial charge in [0, 0.05) is 16.7 Å². The number of hydrogen-bond donors (Lipinski definition) is 0. The highest BCUT2D eigenvalue weighted by Gasteiger charge is 2.48. The van der Waals surface area contributed by atoms with E-state index in [0.717, 1.165) is 6.42 Å². The lowest BCUT2D eigenvalue weighted by molar-refractivity contribution is 0.486. The molecule has 0 fully saturated rings. The summed E-state index contributed by atoms with van der Waals surface area (Å²) in [5, 5.41) is 5.68. The SMILES string of the molecule is CC(C)(C)c1cc2c3c(cccc3c1)-c1cc3c(cc1-2)C(C)(C)C1=C(CC2C(=C1)c1cccc4cc(C(C)(C)C)cc2c14)C3(C)C. The molecule has 0 heterocycles. The molecule has 230 valence electrons. The first-order chi connectivity index (χ1) is 21.6. The van der Waals surface area contributed by atoms with Crippen LogP contribution in [0.1, 0.15) is 115 Å². The predicted octanol–water partition coefficient (Wildman–Crippen LogP) is 12.7. The highest BCUT2D eigenvalue weighted by Crippen LogP contribution is 2.62. The highest BCUT2D eigenvalue weighted by molar-refractivity contribution is 6.16. The van der Waals surface area contributed by atoms with Crippen molar-refractivity contribution in [1.82, 2.24) is 0 Å². The minimum atomic E-state index is -0.0953. The van der Waals surface area contributed by atoms with E-state index in [9.17, 15) is 0 Å². The number of allylic oxidation sites excluding steroid dienone is 4. The van der Waals surface area contributed by atoms with E-state index in [-0.39, 0.29) is 21.7 Å². The summed E-state index contributed by atoms with van der Waals surface area (Å²) < 4.78 is 0. The Morgan fingerprint density at radius 3 is 1.78 bits per heavy atom. The molecule has 0 saturated carbocycles. The quantitative estimate of drug-likeness (QED) is 0.163. The second kappa shape index (κ2) is 8.51. The molecule has 5 aromatic carbocycles. The number of benzene rings is 5. The Morgan fingerprint density at radius 1 is 0.565 bits per heavy atom. The van der Waals surface area contributed by atoms with Gasteiger partial charge >= 0.3 is 0 Å². The van der Waals surface area contributed by atoms with Gasteiger partial charge in [-0.05, 0) is 124 Å². The monoisotopic (exact) mass is 598 g/mol. The summed E-state index contributed by atoms with van der Waals surface area (Å²) in [5.74, 6) is 0.417. The molecule has 0 bridgehead atoms. The van der Waals surface area contributed by atoms with Crippen LogP contribution >= 0.6 is 0 Å². The first-order valence-electron chi connectivity index (χ1n) is 17.4. The molecule has 46 heavy (non-hydrogen) atoms. The van der Waals surface area contributed by atoms with Crippen LogP contribution in [0.15, 0.2) is 90.0 Å². The second-order valence-corrected chi connectivity index (χ2v) is 17.8. The van der Waals surface area contributed by atoms with E-state index in [1.807, 2.05) is 0 Å². The lowest BCUT2D eigenvalue weighted by atomic mass is 9.56. The highest BCUT2D eigenvalue weighted by atomic mass is 14.5. The summed E-state index contributed by atoms with van der Waals surface area (Å²) in [6, 6.07) is 29.0. The van der Waals surface area contributed by atoms with E-state index in [4.69, 9.17) is 0 Å². The third kappa shape index (κ3) is 3.51. The second-order valence-electron chi connectivity index (χ2n) is 17.8. The van der Waals surface area contributed by atoms with Crippen molar-refractivity contribution in [2.75, 3.05) is 0 Å². The standard InChI is InChI=1S/C46H46/c1-43(2,3)27-17-25-13-11-15-29-31-21-37-39(23-33(31)35(19-27)41(25)29)45(7,8)38-22-32-30-16-12-14-26-18-28(44(4,5)6)20-36(42(26)30)34(32)24-40(38)46(37,9)10/h11-23,34H,24H2,1-10H3. The maximum absolute atomic E-state index is 2.64. The molecule has 0 aliphatic heterocycles. The Balaban J connectivity index is 1.26. The Labute approximate surface area is 275 Å². The molecular formula is C46H46. The zero-order valence-corrected chi connectivity index (χ0v) is 29.3. The summed E-state index contributed by atoms with van der Waals surface area (Å²) >= 11 is 0. The molecular weight excluding hydrogens is 553 g/mol. The fourth-order valence-corrected chi connectivity index (χ4v) is 9.55. The van der Waals surface area contributed by atoms with E-state index in [1.165, 1.54) is 77.2 Å². The van der Waals surface area contributed by atoms with Crippen molar-refractivity contribution < 1.29 is 0 Å².